The normalized spacial score (nSPS) is 18.5. The molecule has 0 radical (unpaired) electrons. The zero-order valence-corrected chi connectivity index (χ0v) is 20.2. The predicted molar refractivity (Wildman–Crippen MR) is 127 cm³/mol. The number of phenolic OH excluding ortho intramolecular Hbond substituents is 1. The van der Waals surface area contributed by atoms with Crippen LogP contribution in [-0.2, 0) is 6.42 Å². The Bertz CT molecular complexity index is 799. The van der Waals surface area contributed by atoms with Gasteiger partial charge >= 0.3 is 0 Å². The highest BCUT2D eigenvalue weighted by atomic mass is 16.6. The van der Waals surface area contributed by atoms with Crippen LogP contribution in [-0.4, -0.2) is 15.6 Å². The van der Waals surface area contributed by atoms with E-state index < -0.39 is 0 Å². The first-order valence-electron chi connectivity index (χ1n) is 12.0. The predicted octanol–water partition coefficient (Wildman–Crippen LogP) is 7.48. The Kier molecular flexibility index (Phi) is 9.39. The number of unbranched alkanes of at least 4 members (excludes halogenated alkanes) is 8. The van der Waals surface area contributed by atoms with E-state index in [-0.39, 0.29) is 16.2 Å². The number of rotatable bonds is 12. The second kappa shape index (κ2) is 11.5. The maximum atomic E-state index is 10.5. The molecule has 1 unspecified atom stereocenters. The number of allylic oxidation sites excluding steroid dienone is 2. The SMILES string of the molecule is CC(=CCCCCCCCCCCC1(C)CCc2c(C)c(O)c(C)c(C)c2O1)[N+](=O)[O-]. The topological polar surface area (TPSA) is 72.6 Å². The summed E-state index contributed by atoms with van der Waals surface area (Å²) in [4.78, 5) is 10.2. The average Bonchev–Trinajstić information content (AvgIpc) is 2.74. The lowest BCUT2D eigenvalue weighted by molar-refractivity contribution is -0.424. The molecular formula is C26H41NO4. The van der Waals surface area contributed by atoms with Gasteiger partial charge in [0.05, 0.1) is 4.92 Å². The smallest absolute Gasteiger partial charge is 0.239 e. The minimum absolute atomic E-state index is 0.108. The molecule has 1 atom stereocenters. The van der Waals surface area contributed by atoms with Crippen molar-refractivity contribution in [2.45, 2.75) is 117 Å². The fraction of sp³-hybridized carbons (Fsp3) is 0.692. The van der Waals surface area contributed by atoms with Crippen molar-refractivity contribution in [1.29, 1.82) is 0 Å². The molecule has 0 amide bonds. The van der Waals surface area contributed by atoms with Crippen LogP contribution in [0.1, 0.15) is 107 Å². The lowest BCUT2D eigenvalue weighted by atomic mass is 9.84. The lowest BCUT2D eigenvalue weighted by Crippen LogP contribution is -2.37. The Labute approximate surface area is 188 Å². The first-order chi connectivity index (χ1) is 14.7. The molecule has 0 saturated carbocycles. The molecule has 5 heteroatoms. The number of benzene rings is 1. The largest absolute Gasteiger partial charge is 0.507 e. The van der Waals surface area contributed by atoms with Crippen molar-refractivity contribution in [2.24, 2.45) is 0 Å². The van der Waals surface area contributed by atoms with E-state index in [1.54, 1.807) is 13.0 Å². The van der Waals surface area contributed by atoms with Crippen LogP contribution in [0.25, 0.3) is 0 Å². The van der Waals surface area contributed by atoms with E-state index >= 15 is 0 Å². The minimum atomic E-state index is -0.314. The molecule has 1 aliphatic heterocycles. The Hall–Kier alpha value is -2.04. The number of hydrogen-bond donors (Lipinski definition) is 1. The van der Waals surface area contributed by atoms with Crippen LogP contribution in [0.15, 0.2) is 11.8 Å². The van der Waals surface area contributed by atoms with E-state index in [1.807, 2.05) is 13.8 Å². The quantitative estimate of drug-likeness (QED) is 0.211. The second-order valence-electron chi connectivity index (χ2n) is 9.55. The molecule has 174 valence electrons. The summed E-state index contributed by atoms with van der Waals surface area (Å²) < 4.78 is 6.52. The zero-order chi connectivity index (χ0) is 23.0. The van der Waals surface area contributed by atoms with Crippen molar-refractivity contribution in [1.82, 2.24) is 0 Å². The summed E-state index contributed by atoms with van der Waals surface area (Å²) in [6, 6.07) is 0. The van der Waals surface area contributed by atoms with E-state index in [1.165, 1.54) is 44.1 Å². The van der Waals surface area contributed by atoms with E-state index in [0.717, 1.165) is 61.0 Å². The summed E-state index contributed by atoms with van der Waals surface area (Å²) in [7, 11) is 0. The number of fused-ring (bicyclic) bond motifs is 1. The molecule has 1 aromatic rings. The molecular weight excluding hydrogens is 390 g/mol. The molecule has 0 spiro atoms. The van der Waals surface area contributed by atoms with Crippen molar-refractivity contribution in [3.05, 3.63) is 44.1 Å². The van der Waals surface area contributed by atoms with Crippen LogP contribution < -0.4 is 4.74 Å². The zero-order valence-electron chi connectivity index (χ0n) is 20.2. The lowest BCUT2D eigenvalue weighted by Gasteiger charge is -2.38. The van der Waals surface area contributed by atoms with Crippen molar-refractivity contribution in [3.8, 4) is 11.5 Å². The van der Waals surface area contributed by atoms with Crippen LogP contribution >= 0.6 is 0 Å². The van der Waals surface area contributed by atoms with Gasteiger partial charge in [-0.2, -0.15) is 0 Å². The maximum Gasteiger partial charge on any atom is 0.239 e. The summed E-state index contributed by atoms with van der Waals surface area (Å²) in [5.41, 5.74) is 4.32. The molecule has 2 rings (SSSR count). The van der Waals surface area contributed by atoms with Crippen LogP contribution in [0.3, 0.4) is 0 Å². The third-order valence-corrected chi connectivity index (χ3v) is 6.98. The molecule has 0 fully saturated rings. The fourth-order valence-electron chi connectivity index (χ4n) is 4.56. The van der Waals surface area contributed by atoms with Gasteiger partial charge in [-0.25, -0.2) is 0 Å². The number of aromatic hydroxyl groups is 1. The first kappa shape index (κ1) is 25.2. The van der Waals surface area contributed by atoms with Gasteiger partial charge in [-0.3, -0.25) is 10.1 Å². The molecule has 0 saturated heterocycles. The Morgan fingerprint density at radius 2 is 1.61 bits per heavy atom. The minimum Gasteiger partial charge on any atom is -0.507 e. The van der Waals surface area contributed by atoms with E-state index in [9.17, 15) is 15.2 Å². The van der Waals surface area contributed by atoms with Crippen molar-refractivity contribution in [3.63, 3.8) is 0 Å². The number of ether oxygens (including phenoxy) is 1. The molecule has 5 nitrogen and oxygen atoms in total. The summed E-state index contributed by atoms with van der Waals surface area (Å²) in [5, 5.41) is 20.9. The maximum absolute atomic E-state index is 10.5. The number of nitrogens with zero attached hydrogens (tertiary/aromatic N) is 1. The summed E-state index contributed by atoms with van der Waals surface area (Å²) in [6.45, 7) is 9.82. The molecule has 0 aliphatic carbocycles. The van der Waals surface area contributed by atoms with Gasteiger partial charge in [-0.05, 0) is 89.0 Å². The van der Waals surface area contributed by atoms with Gasteiger partial charge in [-0.1, -0.05) is 38.5 Å². The molecule has 1 aromatic carbocycles. The van der Waals surface area contributed by atoms with Gasteiger partial charge < -0.3 is 9.84 Å². The Morgan fingerprint density at radius 3 is 2.23 bits per heavy atom. The molecule has 1 aliphatic rings. The average molecular weight is 432 g/mol. The van der Waals surface area contributed by atoms with E-state index in [0.29, 0.717) is 5.75 Å². The van der Waals surface area contributed by atoms with Crippen LogP contribution in [0, 0.1) is 30.9 Å². The fourth-order valence-corrected chi connectivity index (χ4v) is 4.56. The highest BCUT2D eigenvalue weighted by Crippen LogP contribution is 2.44. The van der Waals surface area contributed by atoms with E-state index in [4.69, 9.17) is 4.74 Å². The first-order valence-corrected chi connectivity index (χ1v) is 12.0. The van der Waals surface area contributed by atoms with Gasteiger partial charge in [0.15, 0.2) is 0 Å². The summed E-state index contributed by atoms with van der Waals surface area (Å²) >= 11 is 0. The molecule has 31 heavy (non-hydrogen) atoms. The number of nitro groups is 1. The van der Waals surface area contributed by atoms with Crippen molar-refractivity contribution in [2.75, 3.05) is 0 Å². The molecule has 1 heterocycles. The molecule has 0 bridgehead atoms. The number of hydrogen-bond acceptors (Lipinski definition) is 4. The van der Waals surface area contributed by atoms with Crippen molar-refractivity contribution < 1.29 is 14.8 Å². The standard InChI is InChI=1S/C26H41NO4/c1-19(27(29)30)15-13-11-9-7-6-8-10-12-14-17-26(5)18-16-23-22(4)24(28)20(2)21(3)25(23)31-26/h15,28H,6-14,16-18H2,1-5H3. The highest BCUT2D eigenvalue weighted by Gasteiger charge is 2.34. The summed E-state index contributed by atoms with van der Waals surface area (Å²) in [5.74, 6) is 1.43. The molecule has 0 aromatic heterocycles. The van der Waals surface area contributed by atoms with Crippen LogP contribution in [0.2, 0.25) is 0 Å². The third-order valence-electron chi connectivity index (χ3n) is 6.98. The van der Waals surface area contributed by atoms with Gasteiger partial charge in [-0.15, -0.1) is 0 Å². The van der Waals surface area contributed by atoms with Gasteiger partial charge in [0.1, 0.15) is 17.1 Å². The highest BCUT2D eigenvalue weighted by molar-refractivity contribution is 5.58. The Morgan fingerprint density at radius 1 is 1.03 bits per heavy atom. The van der Waals surface area contributed by atoms with Crippen LogP contribution in [0.4, 0.5) is 0 Å². The second-order valence-corrected chi connectivity index (χ2v) is 9.55. The molecule has 1 N–H and O–H groups in total. The van der Waals surface area contributed by atoms with Crippen molar-refractivity contribution >= 4 is 0 Å². The van der Waals surface area contributed by atoms with E-state index in [2.05, 4.69) is 13.8 Å². The van der Waals surface area contributed by atoms with Crippen LogP contribution in [0.5, 0.6) is 11.5 Å². The third kappa shape index (κ3) is 6.98. The summed E-state index contributed by atoms with van der Waals surface area (Å²) in [6.07, 6.45) is 15.2. The monoisotopic (exact) mass is 431 g/mol. The van der Waals surface area contributed by atoms with Gasteiger partial charge in [0.25, 0.3) is 0 Å². The van der Waals surface area contributed by atoms with Gasteiger partial charge in [0.2, 0.25) is 5.70 Å². The van der Waals surface area contributed by atoms with Gasteiger partial charge in [0, 0.05) is 12.5 Å². The Balaban J connectivity index is 1.63. The number of phenols is 1.